The van der Waals surface area contributed by atoms with E-state index in [9.17, 15) is 4.79 Å². The molecule has 2 aromatic rings. The molecule has 1 aliphatic rings. The van der Waals surface area contributed by atoms with Crippen molar-refractivity contribution >= 4 is 39.8 Å². The normalized spacial score (nSPS) is 13.9. The van der Waals surface area contributed by atoms with Crippen molar-refractivity contribution in [3.8, 4) is 17.3 Å². The lowest BCUT2D eigenvalue weighted by Crippen LogP contribution is -2.35. The Balaban J connectivity index is 2.06. The van der Waals surface area contributed by atoms with Crippen LogP contribution in [0.5, 0.6) is 0 Å². The average molecular weight is 302 g/mol. The first-order chi connectivity index (χ1) is 9.69. The van der Waals surface area contributed by atoms with Crippen LogP contribution in [0.25, 0.3) is 11.3 Å². The number of hydrogen-bond donors (Lipinski definition) is 1. The molecule has 0 saturated heterocycles. The van der Waals surface area contributed by atoms with Crippen LogP contribution in [-0.4, -0.2) is 23.2 Å². The molecule has 0 fully saturated rings. The number of benzene rings is 1. The molecule has 0 radical (unpaired) electrons. The Morgan fingerprint density at radius 1 is 1.50 bits per heavy atom. The summed E-state index contributed by atoms with van der Waals surface area (Å²) in [6.07, 6.45) is 0. The Morgan fingerprint density at radius 3 is 3.05 bits per heavy atom. The number of nitrogen functional groups attached to an aromatic ring is 1. The minimum absolute atomic E-state index is 0.0426. The van der Waals surface area contributed by atoms with Crippen LogP contribution in [-0.2, 0) is 4.79 Å². The molecule has 2 heterocycles. The third kappa shape index (κ3) is 2.24. The number of carbonyl (C=O) groups excluding carboxylic acids is 1. The number of fused-ring (bicyclic) bond motifs is 1. The molecule has 2 N–H and O–H groups in total. The Morgan fingerprint density at radius 2 is 2.35 bits per heavy atom. The van der Waals surface area contributed by atoms with Crippen LogP contribution >= 0.6 is 23.1 Å². The predicted molar refractivity (Wildman–Crippen MR) is 80.7 cm³/mol. The number of aromatic nitrogens is 1. The van der Waals surface area contributed by atoms with Gasteiger partial charge in [-0.15, -0.1) is 23.1 Å². The maximum atomic E-state index is 11.9. The molecule has 0 saturated carbocycles. The minimum atomic E-state index is -0.0426. The molecule has 7 heteroatoms. The van der Waals surface area contributed by atoms with Gasteiger partial charge in [-0.25, -0.2) is 4.98 Å². The molecule has 0 bridgehead atoms. The van der Waals surface area contributed by atoms with Gasteiger partial charge in [-0.2, -0.15) is 5.26 Å². The molecule has 0 unspecified atom stereocenters. The number of rotatable bonds is 2. The van der Waals surface area contributed by atoms with Crippen molar-refractivity contribution in [1.29, 1.82) is 5.26 Å². The van der Waals surface area contributed by atoms with Gasteiger partial charge in [-0.1, -0.05) is 6.07 Å². The largest absolute Gasteiger partial charge is 0.375 e. The smallest absolute Gasteiger partial charge is 0.238 e. The molecule has 1 aromatic heterocycles. The Bertz CT molecular complexity index is 719. The van der Waals surface area contributed by atoms with Crippen LogP contribution in [0, 0.1) is 11.3 Å². The van der Waals surface area contributed by atoms with Crippen LogP contribution in [0.2, 0.25) is 0 Å². The second kappa shape index (κ2) is 5.15. The second-order valence-electron chi connectivity index (χ2n) is 4.18. The molecule has 0 spiro atoms. The topological polar surface area (TPSA) is 83.0 Å². The molecule has 1 aromatic carbocycles. The van der Waals surface area contributed by atoms with Gasteiger partial charge < -0.3 is 5.73 Å². The first kappa shape index (κ1) is 13.0. The van der Waals surface area contributed by atoms with Crippen LogP contribution in [0.3, 0.4) is 0 Å². The SMILES string of the molecule is N#CCN1C(=O)CSc2ccc(-c3csc(N)n3)cc21. The van der Waals surface area contributed by atoms with E-state index in [4.69, 9.17) is 11.0 Å². The lowest BCUT2D eigenvalue weighted by Gasteiger charge is -2.27. The summed E-state index contributed by atoms with van der Waals surface area (Å²) in [5, 5.41) is 11.3. The van der Waals surface area contributed by atoms with Crippen LogP contribution in [0.15, 0.2) is 28.5 Å². The Labute approximate surface area is 124 Å². The van der Waals surface area contributed by atoms with E-state index in [0.717, 1.165) is 21.8 Å². The fourth-order valence-corrected chi connectivity index (χ4v) is 3.51. The van der Waals surface area contributed by atoms with E-state index < -0.39 is 0 Å². The molecular weight excluding hydrogens is 292 g/mol. The predicted octanol–water partition coefficient (Wildman–Crippen LogP) is 2.35. The zero-order valence-corrected chi connectivity index (χ0v) is 12.0. The summed E-state index contributed by atoms with van der Waals surface area (Å²) in [4.78, 5) is 18.7. The number of anilines is 2. The van der Waals surface area contributed by atoms with Gasteiger partial charge >= 0.3 is 0 Å². The summed E-state index contributed by atoms with van der Waals surface area (Å²) < 4.78 is 0. The molecule has 100 valence electrons. The summed E-state index contributed by atoms with van der Waals surface area (Å²) in [5.74, 6) is 0.330. The quantitative estimate of drug-likeness (QED) is 0.861. The third-order valence-corrected chi connectivity index (χ3v) is 4.67. The van der Waals surface area contributed by atoms with Crippen molar-refractivity contribution in [3.05, 3.63) is 23.6 Å². The van der Waals surface area contributed by atoms with Crippen LogP contribution in [0.1, 0.15) is 0 Å². The minimum Gasteiger partial charge on any atom is -0.375 e. The van der Waals surface area contributed by atoms with E-state index in [-0.39, 0.29) is 12.5 Å². The molecule has 3 rings (SSSR count). The van der Waals surface area contributed by atoms with Gasteiger partial charge in [0.25, 0.3) is 0 Å². The molecule has 1 aliphatic heterocycles. The number of nitrogens with two attached hydrogens (primary N) is 1. The van der Waals surface area contributed by atoms with Gasteiger partial charge in [0.1, 0.15) is 6.54 Å². The number of nitriles is 1. The first-order valence-electron chi connectivity index (χ1n) is 5.84. The molecule has 1 amide bonds. The fourth-order valence-electron chi connectivity index (χ4n) is 2.03. The van der Waals surface area contributed by atoms with Crippen molar-refractivity contribution in [3.63, 3.8) is 0 Å². The van der Waals surface area contributed by atoms with Crippen molar-refractivity contribution in [2.75, 3.05) is 22.9 Å². The lowest BCUT2D eigenvalue weighted by molar-refractivity contribution is -0.116. The highest BCUT2D eigenvalue weighted by molar-refractivity contribution is 8.00. The standard InChI is InChI=1S/C13H10N4OS2/c14-3-4-17-10-5-8(9-6-20-13(15)16-9)1-2-11(10)19-7-12(17)18/h1-2,5-6H,4,7H2,(H2,15,16). The van der Waals surface area contributed by atoms with Gasteiger partial charge in [0.2, 0.25) is 5.91 Å². The zero-order valence-electron chi connectivity index (χ0n) is 10.4. The molecular formula is C13H10N4OS2. The number of nitrogens with zero attached hydrogens (tertiary/aromatic N) is 3. The maximum Gasteiger partial charge on any atom is 0.238 e. The van der Waals surface area contributed by atoms with Gasteiger partial charge in [-0.3, -0.25) is 9.69 Å². The highest BCUT2D eigenvalue weighted by Crippen LogP contribution is 2.38. The van der Waals surface area contributed by atoms with E-state index >= 15 is 0 Å². The van der Waals surface area contributed by atoms with Gasteiger partial charge in [0, 0.05) is 15.8 Å². The summed E-state index contributed by atoms with van der Waals surface area (Å²) in [7, 11) is 0. The molecule has 20 heavy (non-hydrogen) atoms. The maximum absolute atomic E-state index is 11.9. The highest BCUT2D eigenvalue weighted by Gasteiger charge is 2.25. The lowest BCUT2D eigenvalue weighted by atomic mass is 10.1. The Kier molecular flexibility index (Phi) is 3.34. The number of thioether (sulfide) groups is 1. The summed E-state index contributed by atoms with van der Waals surface area (Å²) in [6.45, 7) is 0.0645. The summed E-state index contributed by atoms with van der Waals surface area (Å²) >= 11 is 2.87. The van der Waals surface area contributed by atoms with Gasteiger partial charge in [0.15, 0.2) is 5.13 Å². The number of hydrogen-bond acceptors (Lipinski definition) is 6. The zero-order chi connectivity index (χ0) is 14.1. The van der Waals surface area contributed by atoms with E-state index in [2.05, 4.69) is 4.98 Å². The van der Waals surface area contributed by atoms with Crippen molar-refractivity contribution in [1.82, 2.24) is 4.98 Å². The van der Waals surface area contributed by atoms with Crippen LogP contribution < -0.4 is 10.6 Å². The van der Waals surface area contributed by atoms with E-state index in [1.54, 1.807) is 0 Å². The van der Waals surface area contributed by atoms with E-state index in [1.165, 1.54) is 28.0 Å². The summed E-state index contributed by atoms with van der Waals surface area (Å²) in [5.41, 5.74) is 8.11. The number of amides is 1. The highest BCUT2D eigenvalue weighted by atomic mass is 32.2. The van der Waals surface area contributed by atoms with Crippen molar-refractivity contribution in [2.45, 2.75) is 4.90 Å². The first-order valence-corrected chi connectivity index (χ1v) is 7.71. The average Bonchev–Trinajstić information content (AvgIpc) is 2.88. The molecule has 0 aliphatic carbocycles. The van der Waals surface area contributed by atoms with Crippen molar-refractivity contribution in [2.24, 2.45) is 0 Å². The fraction of sp³-hybridized carbons (Fsp3) is 0.154. The Hall–Kier alpha value is -2.04. The third-order valence-electron chi connectivity index (χ3n) is 2.95. The van der Waals surface area contributed by atoms with E-state index in [0.29, 0.717) is 10.9 Å². The van der Waals surface area contributed by atoms with Gasteiger partial charge in [0.05, 0.1) is 23.2 Å². The van der Waals surface area contributed by atoms with Gasteiger partial charge in [-0.05, 0) is 12.1 Å². The summed E-state index contributed by atoms with van der Waals surface area (Å²) in [6, 6.07) is 7.85. The molecule has 5 nitrogen and oxygen atoms in total. The number of carbonyl (C=O) groups is 1. The number of thiazole rings is 1. The molecule has 0 atom stereocenters. The van der Waals surface area contributed by atoms with E-state index in [1.807, 2.05) is 29.6 Å². The monoisotopic (exact) mass is 302 g/mol. The van der Waals surface area contributed by atoms with Crippen LogP contribution in [0.4, 0.5) is 10.8 Å². The van der Waals surface area contributed by atoms with Crippen molar-refractivity contribution < 1.29 is 4.79 Å². The second-order valence-corrected chi connectivity index (χ2v) is 6.09.